The molecule has 0 aliphatic carbocycles. The van der Waals surface area contributed by atoms with Crippen LogP contribution in [0.2, 0.25) is 0 Å². The lowest BCUT2D eigenvalue weighted by Crippen LogP contribution is -2.29. The summed E-state index contributed by atoms with van der Waals surface area (Å²) < 4.78 is 32.7. The van der Waals surface area contributed by atoms with Crippen LogP contribution in [-0.2, 0) is 32.7 Å². The molecule has 0 aliphatic heterocycles. The second-order valence-corrected chi connectivity index (χ2v) is 16.7. The van der Waals surface area contributed by atoms with E-state index in [1.54, 1.807) is 0 Å². The number of carbonyl (C=O) groups is 2. The number of hydrogen-bond acceptors (Lipinski definition) is 8. The maximum Gasteiger partial charge on any atom is 0.472 e. The minimum Gasteiger partial charge on any atom is -0.462 e. The lowest BCUT2D eigenvalue weighted by Gasteiger charge is -2.19. The number of allylic oxidation sites excluding steroid dienone is 12. The summed E-state index contributed by atoms with van der Waals surface area (Å²) in [4.78, 5) is 34.9. The van der Waals surface area contributed by atoms with Crippen LogP contribution in [0.25, 0.3) is 0 Å². The number of esters is 2. The van der Waals surface area contributed by atoms with Crippen molar-refractivity contribution in [2.45, 2.75) is 200 Å². The molecule has 1 unspecified atom stereocenters. The average molecular weight is 848 g/mol. The van der Waals surface area contributed by atoms with Gasteiger partial charge in [-0.15, -0.1) is 0 Å². The SMILES string of the molecule is CCCCCCCCC/C=C/C/C=C/C/C=C/C/C=C/CCCC(=O)O[C@H](COC(=O)CCC/C=C/C/C=C/CCCCCCCCCCC)COP(=O)(O)OCCN. The van der Waals surface area contributed by atoms with Crippen molar-refractivity contribution in [3.8, 4) is 0 Å². The smallest absolute Gasteiger partial charge is 0.462 e. The first-order valence-electron chi connectivity index (χ1n) is 23.4. The van der Waals surface area contributed by atoms with Gasteiger partial charge in [-0.25, -0.2) is 4.57 Å². The van der Waals surface area contributed by atoms with E-state index in [0.717, 1.165) is 38.5 Å². The van der Waals surface area contributed by atoms with Gasteiger partial charge in [-0.1, -0.05) is 177 Å². The molecule has 0 bridgehead atoms. The Labute approximate surface area is 361 Å². The number of nitrogens with two attached hydrogens (primary N) is 1. The molecule has 0 aromatic carbocycles. The summed E-state index contributed by atoms with van der Waals surface area (Å²) in [5.41, 5.74) is 5.35. The Kier molecular flexibility index (Phi) is 43.0. The Morgan fingerprint density at radius 3 is 1.31 bits per heavy atom. The summed E-state index contributed by atoms with van der Waals surface area (Å²) in [6, 6.07) is 0. The molecule has 0 radical (unpaired) electrons. The standard InChI is InChI=1S/C49H86NO8P/c1-3-5-7-9-11-13-15-17-19-21-22-23-24-26-28-30-32-34-36-38-40-42-49(52)58-47(46-57-59(53,54)56-44-43-50)45-55-48(51)41-39-37-35-33-31-29-27-25-20-18-16-14-12-10-8-6-4-2/h19,21,23-24,27-30,33-36,47H,3-18,20,22,25-26,31-32,37-46,50H2,1-2H3,(H,53,54)/b21-19+,24-23+,29-27+,30-28+,35-33+,36-34+/t47-/m1/s1. The molecular formula is C49H86NO8P. The van der Waals surface area contributed by atoms with E-state index in [1.807, 2.05) is 6.08 Å². The molecule has 0 spiro atoms. The Morgan fingerprint density at radius 2 is 0.881 bits per heavy atom. The van der Waals surface area contributed by atoms with Gasteiger partial charge in [0.05, 0.1) is 13.2 Å². The third-order valence-electron chi connectivity index (χ3n) is 9.56. The van der Waals surface area contributed by atoms with Gasteiger partial charge in [-0.05, 0) is 77.0 Å². The monoisotopic (exact) mass is 848 g/mol. The molecule has 0 aromatic heterocycles. The number of hydrogen-bond donors (Lipinski definition) is 2. The first-order valence-corrected chi connectivity index (χ1v) is 24.9. The Morgan fingerprint density at radius 1 is 0.508 bits per heavy atom. The number of phosphoric ester groups is 1. The van der Waals surface area contributed by atoms with Gasteiger partial charge >= 0.3 is 19.8 Å². The van der Waals surface area contributed by atoms with Crippen molar-refractivity contribution in [1.29, 1.82) is 0 Å². The Bertz CT molecular complexity index is 1190. The molecule has 0 fully saturated rings. The predicted molar refractivity (Wildman–Crippen MR) is 247 cm³/mol. The number of ether oxygens (including phenoxy) is 2. The molecule has 0 heterocycles. The van der Waals surface area contributed by atoms with Crippen LogP contribution in [0.5, 0.6) is 0 Å². The van der Waals surface area contributed by atoms with E-state index in [1.165, 1.54) is 109 Å². The highest BCUT2D eigenvalue weighted by Crippen LogP contribution is 2.43. The molecule has 9 nitrogen and oxygen atoms in total. The van der Waals surface area contributed by atoms with Crippen LogP contribution in [0.15, 0.2) is 72.9 Å². The quantitative estimate of drug-likeness (QED) is 0.0266. The lowest BCUT2D eigenvalue weighted by atomic mass is 10.1. The van der Waals surface area contributed by atoms with Gasteiger partial charge in [0.15, 0.2) is 6.10 Å². The van der Waals surface area contributed by atoms with Gasteiger partial charge in [0.1, 0.15) is 6.61 Å². The lowest BCUT2D eigenvalue weighted by molar-refractivity contribution is -0.161. The van der Waals surface area contributed by atoms with Gasteiger partial charge in [0.2, 0.25) is 0 Å². The highest BCUT2D eigenvalue weighted by atomic mass is 31.2. The number of rotatable bonds is 43. The zero-order chi connectivity index (χ0) is 43.2. The minimum atomic E-state index is -4.41. The number of carbonyl (C=O) groups excluding carboxylic acids is 2. The fourth-order valence-corrected chi connectivity index (χ4v) is 6.84. The minimum absolute atomic E-state index is 0.0365. The summed E-state index contributed by atoms with van der Waals surface area (Å²) in [5.74, 6) is -0.950. The van der Waals surface area contributed by atoms with Crippen molar-refractivity contribution in [2.75, 3.05) is 26.4 Å². The molecule has 0 saturated carbocycles. The summed E-state index contributed by atoms with van der Waals surface area (Å²) in [7, 11) is -4.41. The summed E-state index contributed by atoms with van der Waals surface area (Å²) >= 11 is 0. The largest absolute Gasteiger partial charge is 0.472 e. The molecule has 0 rings (SSSR count). The van der Waals surface area contributed by atoms with Crippen LogP contribution in [0.1, 0.15) is 194 Å². The highest BCUT2D eigenvalue weighted by molar-refractivity contribution is 7.47. The van der Waals surface area contributed by atoms with Crippen molar-refractivity contribution in [2.24, 2.45) is 5.73 Å². The van der Waals surface area contributed by atoms with Crippen LogP contribution >= 0.6 is 7.82 Å². The summed E-state index contributed by atoms with van der Waals surface area (Å²) in [6.07, 6.45) is 55.3. The van der Waals surface area contributed by atoms with Crippen LogP contribution in [0, 0.1) is 0 Å². The van der Waals surface area contributed by atoms with Crippen LogP contribution < -0.4 is 5.73 Å². The molecule has 2 atom stereocenters. The third kappa shape index (κ3) is 44.8. The van der Waals surface area contributed by atoms with E-state index in [2.05, 4.69) is 80.7 Å². The van der Waals surface area contributed by atoms with Crippen molar-refractivity contribution >= 4 is 19.8 Å². The molecule has 0 amide bonds. The zero-order valence-corrected chi connectivity index (χ0v) is 38.4. The number of unbranched alkanes of at least 4 members (excludes halogenated alkanes) is 18. The molecule has 0 aliphatic rings. The van der Waals surface area contributed by atoms with E-state index in [9.17, 15) is 19.0 Å². The van der Waals surface area contributed by atoms with E-state index in [4.69, 9.17) is 24.3 Å². The molecule has 0 aromatic rings. The molecule has 10 heteroatoms. The first kappa shape index (κ1) is 56.5. The van der Waals surface area contributed by atoms with Crippen molar-refractivity contribution < 1.29 is 37.6 Å². The van der Waals surface area contributed by atoms with Crippen molar-refractivity contribution in [3.05, 3.63) is 72.9 Å². The van der Waals surface area contributed by atoms with Gasteiger partial charge in [-0.2, -0.15) is 0 Å². The van der Waals surface area contributed by atoms with E-state index < -0.39 is 32.5 Å². The predicted octanol–water partition coefficient (Wildman–Crippen LogP) is 13.8. The number of phosphoric acid groups is 1. The summed E-state index contributed by atoms with van der Waals surface area (Å²) in [5, 5.41) is 0. The first-order chi connectivity index (χ1) is 28.8. The highest BCUT2D eigenvalue weighted by Gasteiger charge is 2.25. The third-order valence-corrected chi connectivity index (χ3v) is 10.5. The fourth-order valence-electron chi connectivity index (χ4n) is 6.08. The van der Waals surface area contributed by atoms with Crippen LogP contribution in [0.3, 0.4) is 0 Å². The molecular weight excluding hydrogens is 762 g/mol. The van der Waals surface area contributed by atoms with E-state index >= 15 is 0 Å². The van der Waals surface area contributed by atoms with Gasteiger partial charge in [0, 0.05) is 19.4 Å². The van der Waals surface area contributed by atoms with E-state index in [-0.39, 0.29) is 32.6 Å². The second-order valence-electron chi connectivity index (χ2n) is 15.3. The Hall–Kier alpha value is -2.55. The molecule has 3 N–H and O–H groups in total. The molecule has 59 heavy (non-hydrogen) atoms. The van der Waals surface area contributed by atoms with E-state index in [0.29, 0.717) is 19.3 Å². The second kappa shape index (κ2) is 45.0. The van der Waals surface area contributed by atoms with Gasteiger partial charge < -0.3 is 20.1 Å². The van der Waals surface area contributed by atoms with Crippen LogP contribution in [0.4, 0.5) is 0 Å². The van der Waals surface area contributed by atoms with Crippen molar-refractivity contribution in [1.82, 2.24) is 0 Å². The fraction of sp³-hybridized carbons (Fsp3) is 0.714. The average Bonchev–Trinajstić information content (AvgIpc) is 3.22. The topological polar surface area (TPSA) is 134 Å². The Balaban J connectivity index is 4.28. The van der Waals surface area contributed by atoms with Crippen LogP contribution in [-0.4, -0.2) is 49.3 Å². The van der Waals surface area contributed by atoms with Gasteiger partial charge in [-0.3, -0.25) is 18.6 Å². The molecule has 340 valence electrons. The normalized spacial score (nSPS) is 13.9. The zero-order valence-electron chi connectivity index (χ0n) is 37.5. The maximum atomic E-state index is 12.6. The molecule has 0 saturated heterocycles. The van der Waals surface area contributed by atoms with Crippen molar-refractivity contribution in [3.63, 3.8) is 0 Å². The maximum absolute atomic E-state index is 12.6. The summed E-state index contributed by atoms with van der Waals surface area (Å²) in [6.45, 7) is 3.62. The van der Waals surface area contributed by atoms with Gasteiger partial charge in [0.25, 0.3) is 0 Å².